The number of carbonyl (C=O) groups excluding carboxylic acids is 3. The largest absolute Gasteiger partial charge is 0.463 e. The molecule has 0 saturated carbocycles. The van der Waals surface area contributed by atoms with Crippen LogP contribution >= 0.6 is 0 Å². The average molecular weight is 371 g/mol. The van der Waals surface area contributed by atoms with Crippen molar-refractivity contribution >= 4 is 17.9 Å². The van der Waals surface area contributed by atoms with Crippen molar-refractivity contribution in [2.75, 3.05) is 13.2 Å². The number of esters is 3. The molecule has 1 heterocycles. The Morgan fingerprint density at radius 1 is 1.08 bits per heavy atom. The van der Waals surface area contributed by atoms with E-state index in [9.17, 15) is 14.4 Å². The molecule has 9 heteroatoms. The molecule has 1 saturated heterocycles. The quantitative estimate of drug-likeness (QED) is 0.269. The second kappa shape index (κ2) is 10.8. The fourth-order valence-corrected chi connectivity index (χ4v) is 2.46. The zero-order valence-corrected chi connectivity index (χ0v) is 15.1. The van der Waals surface area contributed by atoms with Gasteiger partial charge < -0.3 is 29.4 Å². The van der Waals surface area contributed by atoms with Gasteiger partial charge in [0.15, 0.2) is 18.5 Å². The van der Waals surface area contributed by atoms with Crippen molar-refractivity contribution in [2.24, 2.45) is 5.73 Å². The van der Waals surface area contributed by atoms with E-state index in [-0.39, 0.29) is 13.2 Å². The van der Waals surface area contributed by atoms with Crippen molar-refractivity contribution in [3.8, 4) is 12.3 Å². The van der Waals surface area contributed by atoms with E-state index in [0.717, 1.165) is 0 Å². The Bertz CT molecular complexity index is 543. The highest BCUT2D eigenvalue weighted by molar-refractivity contribution is 5.67. The zero-order valence-electron chi connectivity index (χ0n) is 15.1. The van der Waals surface area contributed by atoms with Crippen LogP contribution in [0.25, 0.3) is 0 Å². The minimum Gasteiger partial charge on any atom is -0.463 e. The predicted molar refractivity (Wildman–Crippen MR) is 88.4 cm³/mol. The molecule has 0 spiro atoms. The number of rotatable bonds is 8. The van der Waals surface area contributed by atoms with Crippen LogP contribution in [0.15, 0.2) is 0 Å². The molecule has 1 aliphatic rings. The average Bonchev–Trinajstić information content (AvgIpc) is 2.54. The summed E-state index contributed by atoms with van der Waals surface area (Å²) in [6.07, 6.45) is 2.36. The molecule has 0 bridgehead atoms. The SMILES string of the molecule is C#CCCCO[C@H]1O[C@@H](COC(C)=O)[C@@H](OC(C)=O)[C@@H](OC(C)=O)[C@@H]1N. The van der Waals surface area contributed by atoms with Gasteiger partial charge >= 0.3 is 17.9 Å². The summed E-state index contributed by atoms with van der Waals surface area (Å²) in [5, 5.41) is 0. The van der Waals surface area contributed by atoms with Gasteiger partial charge in [0.1, 0.15) is 12.7 Å². The van der Waals surface area contributed by atoms with E-state index in [1.807, 2.05) is 0 Å². The molecule has 2 N–H and O–H groups in total. The van der Waals surface area contributed by atoms with Gasteiger partial charge in [-0.25, -0.2) is 0 Å². The van der Waals surface area contributed by atoms with Crippen molar-refractivity contribution in [1.82, 2.24) is 0 Å². The summed E-state index contributed by atoms with van der Waals surface area (Å²) in [4.78, 5) is 34.0. The van der Waals surface area contributed by atoms with Crippen molar-refractivity contribution in [3.63, 3.8) is 0 Å². The number of terminal acetylenes is 1. The van der Waals surface area contributed by atoms with Gasteiger partial charge in [-0.1, -0.05) is 0 Å². The van der Waals surface area contributed by atoms with Gasteiger partial charge in [-0.2, -0.15) is 0 Å². The molecular formula is C17H25NO8. The van der Waals surface area contributed by atoms with E-state index < -0.39 is 48.6 Å². The molecule has 146 valence electrons. The molecule has 9 nitrogen and oxygen atoms in total. The summed E-state index contributed by atoms with van der Waals surface area (Å²) < 4.78 is 26.7. The third kappa shape index (κ3) is 7.00. The van der Waals surface area contributed by atoms with E-state index in [1.165, 1.54) is 20.8 Å². The maximum absolute atomic E-state index is 11.5. The third-order valence-electron chi connectivity index (χ3n) is 3.50. The van der Waals surface area contributed by atoms with E-state index in [0.29, 0.717) is 12.8 Å². The Hall–Kier alpha value is -2.15. The molecule has 5 atom stereocenters. The fraction of sp³-hybridized carbons (Fsp3) is 0.706. The molecule has 0 aromatic heterocycles. The highest BCUT2D eigenvalue weighted by Gasteiger charge is 2.49. The number of unbranched alkanes of at least 4 members (excludes halogenated alkanes) is 1. The maximum Gasteiger partial charge on any atom is 0.303 e. The van der Waals surface area contributed by atoms with Crippen LogP contribution in [0.4, 0.5) is 0 Å². The van der Waals surface area contributed by atoms with E-state index >= 15 is 0 Å². The molecule has 1 rings (SSSR count). The fourth-order valence-electron chi connectivity index (χ4n) is 2.46. The summed E-state index contributed by atoms with van der Waals surface area (Å²) >= 11 is 0. The van der Waals surface area contributed by atoms with E-state index in [2.05, 4.69) is 5.92 Å². The maximum atomic E-state index is 11.5. The van der Waals surface area contributed by atoms with Gasteiger partial charge in [0, 0.05) is 27.2 Å². The van der Waals surface area contributed by atoms with Gasteiger partial charge in [-0.3, -0.25) is 14.4 Å². The van der Waals surface area contributed by atoms with Crippen molar-refractivity contribution < 1.29 is 38.1 Å². The zero-order chi connectivity index (χ0) is 19.7. The molecule has 26 heavy (non-hydrogen) atoms. The third-order valence-corrected chi connectivity index (χ3v) is 3.50. The van der Waals surface area contributed by atoms with Gasteiger partial charge in [0.25, 0.3) is 0 Å². The van der Waals surface area contributed by atoms with Gasteiger partial charge in [-0.05, 0) is 6.42 Å². The lowest BCUT2D eigenvalue weighted by Gasteiger charge is -2.43. The minimum atomic E-state index is -1.05. The lowest BCUT2D eigenvalue weighted by Crippen LogP contribution is -2.64. The Labute approximate surface area is 152 Å². The number of nitrogens with two attached hydrogens (primary N) is 1. The highest BCUT2D eigenvalue weighted by Crippen LogP contribution is 2.26. The molecule has 0 amide bonds. The Morgan fingerprint density at radius 3 is 2.23 bits per heavy atom. The van der Waals surface area contributed by atoms with Crippen LogP contribution in [0.2, 0.25) is 0 Å². The lowest BCUT2D eigenvalue weighted by atomic mass is 9.97. The Balaban J connectivity index is 2.96. The van der Waals surface area contributed by atoms with Crippen molar-refractivity contribution in [2.45, 2.75) is 64.3 Å². The predicted octanol–water partition coefficient (Wildman–Crippen LogP) is -0.105. The van der Waals surface area contributed by atoms with Crippen LogP contribution in [-0.4, -0.2) is 61.8 Å². The first-order chi connectivity index (χ1) is 12.3. The first-order valence-corrected chi connectivity index (χ1v) is 8.20. The molecule has 0 radical (unpaired) electrons. The standard InChI is InChI=1S/C17H25NO8/c1-5-6-7-8-22-17-14(18)16(25-12(4)21)15(24-11(3)20)13(26-17)9-23-10(2)19/h1,13-17H,6-9,18H2,2-4H3/t13-,14-,15+,16-,17-/m0/s1. The minimum absolute atomic E-state index is 0.220. The smallest absolute Gasteiger partial charge is 0.303 e. The lowest BCUT2D eigenvalue weighted by molar-refractivity contribution is -0.273. The second-order valence-corrected chi connectivity index (χ2v) is 5.75. The number of hydrogen-bond donors (Lipinski definition) is 1. The summed E-state index contributed by atoms with van der Waals surface area (Å²) in [6, 6.07) is -0.914. The first-order valence-electron chi connectivity index (χ1n) is 8.20. The monoisotopic (exact) mass is 371 g/mol. The van der Waals surface area contributed by atoms with Crippen LogP contribution in [0.1, 0.15) is 33.6 Å². The highest BCUT2D eigenvalue weighted by atomic mass is 16.7. The van der Waals surface area contributed by atoms with Gasteiger partial charge in [0.2, 0.25) is 0 Å². The van der Waals surface area contributed by atoms with Gasteiger partial charge in [0.05, 0.1) is 12.6 Å². The second-order valence-electron chi connectivity index (χ2n) is 5.75. The van der Waals surface area contributed by atoms with Crippen LogP contribution in [0.3, 0.4) is 0 Å². The van der Waals surface area contributed by atoms with Crippen LogP contribution in [0, 0.1) is 12.3 Å². The molecule has 0 aromatic rings. The first kappa shape index (κ1) is 21.9. The van der Waals surface area contributed by atoms with Crippen LogP contribution in [0.5, 0.6) is 0 Å². The number of hydrogen-bond acceptors (Lipinski definition) is 9. The van der Waals surface area contributed by atoms with E-state index in [1.54, 1.807) is 0 Å². The number of ether oxygens (including phenoxy) is 5. The summed E-state index contributed by atoms with van der Waals surface area (Å²) in [5.41, 5.74) is 6.10. The van der Waals surface area contributed by atoms with Crippen LogP contribution < -0.4 is 5.73 Å². The Morgan fingerprint density at radius 2 is 1.69 bits per heavy atom. The molecule has 1 aliphatic heterocycles. The van der Waals surface area contributed by atoms with E-state index in [4.69, 9.17) is 35.8 Å². The Kier molecular flexibility index (Phi) is 9.05. The summed E-state index contributed by atoms with van der Waals surface area (Å²) in [5.74, 6) is 0.714. The molecular weight excluding hydrogens is 346 g/mol. The molecule has 1 fully saturated rings. The topological polar surface area (TPSA) is 123 Å². The van der Waals surface area contributed by atoms with Crippen molar-refractivity contribution in [1.29, 1.82) is 0 Å². The summed E-state index contributed by atoms with van der Waals surface area (Å²) in [7, 11) is 0. The molecule has 0 aromatic carbocycles. The van der Waals surface area contributed by atoms with Gasteiger partial charge in [-0.15, -0.1) is 12.3 Å². The summed E-state index contributed by atoms with van der Waals surface area (Å²) in [6.45, 7) is 3.68. The number of carbonyl (C=O) groups is 3. The van der Waals surface area contributed by atoms with Crippen molar-refractivity contribution in [3.05, 3.63) is 0 Å². The normalized spacial score (nSPS) is 27.9. The molecule has 0 aliphatic carbocycles. The van der Waals surface area contributed by atoms with Crippen LogP contribution in [-0.2, 0) is 38.1 Å². The molecule has 0 unspecified atom stereocenters.